The molecular weight excluding hydrogens is 531 g/mol. The molecule has 0 saturated carbocycles. The maximum absolute atomic E-state index is 13.8. The topological polar surface area (TPSA) is 58.6 Å². The van der Waals surface area contributed by atoms with Crippen LogP contribution in [0.1, 0.15) is 22.3 Å². The largest absolute Gasteiger partial charge is 0.496 e. The lowest BCUT2D eigenvalue weighted by Crippen LogP contribution is -2.50. The molecule has 0 bridgehead atoms. The van der Waals surface area contributed by atoms with Crippen molar-refractivity contribution in [1.82, 2.24) is 10.2 Å². The Morgan fingerprint density at radius 3 is 2.00 bits per heavy atom. The lowest BCUT2D eigenvalue weighted by Gasteiger charge is -2.32. The molecule has 7 heteroatoms. The number of hydrogen-bond donors (Lipinski definition) is 1. The predicted octanol–water partition coefficient (Wildman–Crippen LogP) is 6.50. The van der Waals surface area contributed by atoms with Crippen LogP contribution in [0.5, 0.6) is 5.75 Å². The van der Waals surface area contributed by atoms with Crippen LogP contribution in [-0.4, -0.2) is 29.9 Å². The highest BCUT2D eigenvalue weighted by Crippen LogP contribution is 2.20. The van der Waals surface area contributed by atoms with Crippen molar-refractivity contribution in [2.75, 3.05) is 7.11 Å². The molecule has 0 fully saturated rings. The van der Waals surface area contributed by atoms with Gasteiger partial charge in [0.2, 0.25) is 11.8 Å². The molecule has 0 unspecified atom stereocenters. The number of carbonyl (C=O) groups is 2. The Bertz CT molecular complexity index is 1380. The fourth-order valence-electron chi connectivity index (χ4n) is 4.37. The van der Waals surface area contributed by atoms with Gasteiger partial charge in [0.05, 0.1) is 13.5 Å². The summed E-state index contributed by atoms with van der Waals surface area (Å²) >= 11 is 12.2. The zero-order valence-corrected chi connectivity index (χ0v) is 23.2. The number of rotatable bonds is 11. The average Bonchev–Trinajstić information content (AvgIpc) is 2.96. The molecule has 4 aromatic rings. The van der Waals surface area contributed by atoms with Crippen molar-refractivity contribution in [1.29, 1.82) is 0 Å². The minimum absolute atomic E-state index is 0.135. The van der Waals surface area contributed by atoms with Crippen molar-refractivity contribution in [2.45, 2.75) is 32.0 Å². The quantitative estimate of drug-likeness (QED) is 0.228. The van der Waals surface area contributed by atoms with Crippen molar-refractivity contribution in [3.8, 4) is 5.75 Å². The molecule has 0 radical (unpaired) electrons. The first-order chi connectivity index (χ1) is 18.9. The highest BCUT2D eigenvalue weighted by molar-refractivity contribution is 6.30. The number of ether oxygens (including phenoxy) is 1. The SMILES string of the molecule is COc1ccccc1CNC(=O)[C@@H](Cc1ccccc1)N(Cc1ccc(Cl)cc1)C(=O)Cc1ccc(Cl)cc1. The van der Waals surface area contributed by atoms with Crippen molar-refractivity contribution in [3.05, 3.63) is 135 Å². The van der Waals surface area contributed by atoms with E-state index in [-0.39, 0.29) is 31.3 Å². The van der Waals surface area contributed by atoms with E-state index in [1.54, 1.807) is 36.3 Å². The summed E-state index contributed by atoms with van der Waals surface area (Å²) in [6.07, 6.45) is 0.494. The van der Waals surface area contributed by atoms with E-state index in [1.165, 1.54) is 0 Å². The van der Waals surface area contributed by atoms with E-state index in [0.29, 0.717) is 22.2 Å². The van der Waals surface area contributed by atoms with E-state index in [9.17, 15) is 9.59 Å². The third kappa shape index (κ3) is 8.09. The summed E-state index contributed by atoms with van der Waals surface area (Å²) in [6, 6.07) is 31.0. The van der Waals surface area contributed by atoms with Crippen LogP contribution in [0.3, 0.4) is 0 Å². The highest BCUT2D eigenvalue weighted by Gasteiger charge is 2.30. The Morgan fingerprint density at radius 1 is 0.769 bits per heavy atom. The van der Waals surface area contributed by atoms with Crippen LogP contribution in [-0.2, 0) is 35.5 Å². The lowest BCUT2D eigenvalue weighted by atomic mass is 10.0. The molecule has 0 aliphatic carbocycles. The Hall–Kier alpha value is -3.80. The minimum Gasteiger partial charge on any atom is -0.496 e. The number of halogens is 2. The van der Waals surface area contributed by atoms with Gasteiger partial charge in [0.25, 0.3) is 0 Å². The molecule has 0 heterocycles. The Balaban J connectivity index is 1.65. The van der Waals surface area contributed by atoms with E-state index >= 15 is 0 Å². The van der Waals surface area contributed by atoms with Gasteiger partial charge in [-0.15, -0.1) is 0 Å². The molecule has 0 saturated heterocycles. The third-order valence-corrected chi connectivity index (χ3v) is 6.96. The van der Waals surface area contributed by atoms with Crippen LogP contribution in [0, 0.1) is 0 Å². The maximum atomic E-state index is 13.8. The summed E-state index contributed by atoms with van der Waals surface area (Å²) in [7, 11) is 1.60. The van der Waals surface area contributed by atoms with Gasteiger partial charge in [-0.3, -0.25) is 9.59 Å². The third-order valence-electron chi connectivity index (χ3n) is 6.45. The van der Waals surface area contributed by atoms with Crippen LogP contribution < -0.4 is 10.1 Å². The van der Waals surface area contributed by atoms with E-state index in [2.05, 4.69) is 5.32 Å². The van der Waals surface area contributed by atoms with Gasteiger partial charge < -0.3 is 15.0 Å². The number of nitrogens with one attached hydrogen (secondary N) is 1. The number of carbonyl (C=O) groups excluding carboxylic acids is 2. The number of nitrogens with zero attached hydrogens (tertiary/aromatic N) is 1. The molecule has 5 nitrogen and oxygen atoms in total. The van der Waals surface area contributed by atoms with E-state index < -0.39 is 6.04 Å². The van der Waals surface area contributed by atoms with Gasteiger partial charge in [-0.25, -0.2) is 0 Å². The van der Waals surface area contributed by atoms with Crippen LogP contribution >= 0.6 is 23.2 Å². The first-order valence-corrected chi connectivity index (χ1v) is 13.4. The van der Waals surface area contributed by atoms with Crippen molar-refractivity contribution in [2.24, 2.45) is 0 Å². The second kappa shape index (κ2) is 13.8. The zero-order valence-electron chi connectivity index (χ0n) is 21.6. The molecule has 2 amide bonds. The molecule has 200 valence electrons. The normalized spacial score (nSPS) is 11.5. The first kappa shape index (κ1) is 28.2. The Labute approximate surface area is 239 Å². The number of hydrogen-bond acceptors (Lipinski definition) is 3. The molecule has 0 spiro atoms. The van der Waals surface area contributed by atoms with Crippen LogP contribution in [0.15, 0.2) is 103 Å². The van der Waals surface area contributed by atoms with E-state index in [1.807, 2.05) is 78.9 Å². The zero-order chi connectivity index (χ0) is 27.6. The number of methoxy groups -OCH3 is 1. The Kier molecular flexibility index (Phi) is 10.0. The first-order valence-electron chi connectivity index (χ1n) is 12.6. The smallest absolute Gasteiger partial charge is 0.243 e. The second-order valence-electron chi connectivity index (χ2n) is 9.19. The van der Waals surface area contributed by atoms with Gasteiger partial charge in [0.1, 0.15) is 11.8 Å². The number of para-hydroxylation sites is 1. The van der Waals surface area contributed by atoms with Gasteiger partial charge in [0, 0.05) is 35.1 Å². The molecule has 1 N–H and O–H groups in total. The van der Waals surface area contributed by atoms with Gasteiger partial charge >= 0.3 is 0 Å². The van der Waals surface area contributed by atoms with E-state index in [0.717, 1.165) is 22.3 Å². The molecule has 0 aromatic heterocycles. The van der Waals surface area contributed by atoms with Crippen LogP contribution in [0.4, 0.5) is 0 Å². The fraction of sp³-hybridized carbons (Fsp3) is 0.188. The summed E-state index contributed by atoms with van der Waals surface area (Å²) in [6.45, 7) is 0.525. The van der Waals surface area contributed by atoms with Gasteiger partial charge in [0.15, 0.2) is 0 Å². The van der Waals surface area contributed by atoms with Crippen LogP contribution in [0.25, 0.3) is 0 Å². The molecular formula is C32H30Cl2N2O3. The van der Waals surface area contributed by atoms with E-state index in [4.69, 9.17) is 27.9 Å². The van der Waals surface area contributed by atoms with Gasteiger partial charge in [-0.05, 0) is 47.0 Å². The second-order valence-corrected chi connectivity index (χ2v) is 10.1. The lowest BCUT2D eigenvalue weighted by molar-refractivity contribution is -0.140. The molecule has 4 aromatic carbocycles. The summed E-state index contributed by atoms with van der Waals surface area (Å²) in [5, 5.41) is 4.25. The highest BCUT2D eigenvalue weighted by atomic mass is 35.5. The van der Waals surface area contributed by atoms with Gasteiger partial charge in [-0.1, -0.05) is 96.0 Å². The molecule has 0 aliphatic rings. The maximum Gasteiger partial charge on any atom is 0.243 e. The molecule has 39 heavy (non-hydrogen) atoms. The summed E-state index contributed by atoms with van der Waals surface area (Å²) in [5.41, 5.74) is 3.50. The number of amides is 2. The minimum atomic E-state index is -0.752. The van der Waals surface area contributed by atoms with Crippen molar-refractivity contribution in [3.63, 3.8) is 0 Å². The summed E-state index contributed by atoms with van der Waals surface area (Å²) in [5.74, 6) is 0.276. The predicted molar refractivity (Wildman–Crippen MR) is 156 cm³/mol. The molecule has 1 atom stereocenters. The molecule has 4 rings (SSSR count). The van der Waals surface area contributed by atoms with Crippen molar-refractivity contribution < 1.29 is 14.3 Å². The fourth-order valence-corrected chi connectivity index (χ4v) is 4.62. The number of benzene rings is 4. The standard InChI is InChI=1S/C32H30Cl2N2O3/c1-39-30-10-6-5-9-26(30)21-35-32(38)29(19-23-7-3-2-4-8-23)36(22-25-13-17-28(34)18-14-25)31(37)20-24-11-15-27(33)16-12-24/h2-18,29H,19-22H2,1H3,(H,35,38)/t29-/m1/s1. The Morgan fingerprint density at radius 2 is 1.36 bits per heavy atom. The van der Waals surface area contributed by atoms with Crippen molar-refractivity contribution >= 4 is 35.0 Å². The molecule has 0 aliphatic heterocycles. The van der Waals surface area contributed by atoms with Gasteiger partial charge in [-0.2, -0.15) is 0 Å². The van der Waals surface area contributed by atoms with Crippen LogP contribution in [0.2, 0.25) is 10.0 Å². The summed E-state index contributed by atoms with van der Waals surface area (Å²) in [4.78, 5) is 29.3. The average molecular weight is 562 g/mol. The monoisotopic (exact) mass is 560 g/mol. The summed E-state index contributed by atoms with van der Waals surface area (Å²) < 4.78 is 5.45.